The number of ether oxygens (including phenoxy) is 2. The van der Waals surface area contributed by atoms with Gasteiger partial charge in [0.25, 0.3) is 0 Å². The Bertz CT molecular complexity index is 698. The summed E-state index contributed by atoms with van der Waals surface area (Å²) in [6.45, 7) is 6.97. The monoisotopic (exact) mass is 410 g/mol. The zero-order valence-electron chi connectivity index (χ0n) is 16.5. The van der Waals surface area contributed by atoms with Crippen LogP contribution in [-0.4, -0.2) is 29.3 Å². The number of carbonyl (C=O) groups is 1. The maximum absolute atomic E-state index is 12.5. The highest BCUT2D eigenvalue weighted by Gasteiger charge is 2.35. The van der Waals surface area contributed by atoms with Crippen molar-refractivity contribution in [1.29, 1.82) is 0 Å². The minimum atomic E-state index is -0.293. The van der Waals surface area contributed by atoms with Crippen molar-refractivity contribution in [2.24, 2.45) is 0 Å². The molecule has 2 aliphatic rings. The van der Waals surface area contributed by atoms with Crippen molar-refractivity contribution >= 4 is 40.3 Å². The van der Waals surface area contributed by atoms with Crippen LogP contribution in [0.2, 0.25) is 0 Å². The van der Waals surface area contributed by atoms with Crippen LogP contribution in [0.5, 0.6) is 0 Å². The molecule has 150 valence electrons. The zero-order valence-corrected chi connectivity index (χ0v) is 18.1. The van der Waals surface area contributed by atoms with E-state index in [0.29, 0.717) is 29.2 Å². The van der Waals surface area contributed by atoms with E-state index in [1.165, 1.54) is 30.6 Å². The van der Waals surface area contributed by atoms with Crippen molar-refractivity contribution in [3.63, 3.8) is 0 Å². The van der Waals surface area contributed by atoms with E-state index >= 15 is 0 Å². The standard InChI is InChI=1S/C20H30N2O3S2/c1-4-20(3)11-14-15(12-25-20)27-17(18(23)24-5-2)16(14)22-19(26)21-13-9-7-6-8-10-13/h13H,4-12H2,1-3H3,(H2,21,22,26). The van der Waals surface area contributed by atoms with E-state index in [4.69, 9.17) is 21.7 Å². The Hall–Kier alpha value is -1.18. The van der Waals surface area contributed by atoms with Gasteiger partial charge in [-0.1, -0.05) is 26.2 Å². The highest BCUT2D eigenvalue weighted by atomic mass is 32.1. The molecule has 0 bridgehead atoms. The van der Waals surface area contributed by atoms with Gasteiger partial charge in [0.2, 0.25) is 0 Å². The molecule has 1 aliphatic heterocycles. The number of thiophene rings is 1. The molecule has 1 aromatic heterocycles. The van der Waals surface area contributed by atoms with Crippen LogP contribution in [0.25, 0.3) is 0 Å². The largest absolute Gasteiger partial charge is 0.462 e. The minimum Gasteiger partial charge on any atom is -0.462 e. The summed E-state index contributed by atoms with van der Waals surface area (Å²) in [5, 5.41) is 7.38. The van der Waals surface area contributed by atoms with Crippen LogP contribution >= 0.6 is 23.6 Å². The summed E-state index contributed by atoms with van der Waals surface area (Å²) in [6, 6.07) is 0.420. The Morgan fingerprint density at radius 2 is 2.07 bits per heavy atom. The number of carbonyl (C=O) groups excluding carboxylic acids is 1. The van der Waals surface area contributed by atoms with Crippen molar-refractivity contribution < 1.29 is 14.3 Å². The Morgan fingerprint density at radius 1 is 1.33 bits per heavy atom. The van der Waals surface area contributed by atoms with Gasteiger partial charge in [0.1, 0.15) is 4.88 Å². The molecule has 1 unspecified atom stereocenters. The van der Waals surface area contributed by atoms with E-state index in [2.05, 4.69) is 24.5 Å². The van der Waals surface area contributed by atoms with E-state index in [1.54, 1.807) is 0 Å². The van der Waals surface area contributed by atoms with Gasteiger partial charge in [0, 0.05) is 17.3 Å². The van der Waals surface area contributed by atoms with Crippen molar-refractivity contribution in [3.05, 3.63) is 15.3 Å². The highest BCUT2D eigenvalue weighted by molar-refractivity contribution is 7.80. The van der Waals surface area contributed by atoms with E-state index in [9.17, 15) is 4.79 Å². The fourth-order valence-electron chi connectivity index (χ4n) is 3.76. The van der Waals surface area contributed by atoms with Gasteiger partial charge in [0.15, 0.2) is 5.11 Å². The van der Waals surface area contributed by atoms with Crippen LogP contribution in [0.1, 0.15) is 79.4 Å². The summed E-state index contributed by atoms with van der Waals surface area (Å²) in [4.78, 5) is 14.2. The molecule has 0 saturated heterocycles. The Kier molecular flexibility index (Phi) is 6.76. The van der Waals surface area contributed by atoms with Crippen molar-refractivity contribution in [3.8, 4) is 0 Å². The molecule has 1 atom stereocenters. The first kappa shape index (κ1) is 20.6. The van der Waals surface area contributed by atoms with E-state index in [0.717, 1.165) is 41.8 Å². The lowest BCUT2D eigenvalue weighted by atomic mass is 9.90. The smallest absolute Gasteiger partial charge is 0.350 e. The van der Waals surface area contributed by atoms with Gasteiger partial charge < -0.3 is 20.1 Å². The van der Waals surface area contributed by atoms with E-state index in [1.807, 2.05) is 6.92 Å². The maximum Gasteiger partial charge on any atom is 0.350 e. The second-order valence-electron chi connectivity index (χ2n) is 7.63. The summed E-state index contributed by atoms with van der Waals surface area (Å²) in [7, 11) is 0. The molecule has 1 saturated carbocycles. The van der Waals surface area contributed by atoms with Crippen molar-refractivity contribution in [2.45, 2.75) is 84.0 Å². The molecule has 0 spiro atoms. The molecule has 3 rings (SSSR count). The van der Waals surface area contributed by atoms with Crippen LogP contribution in [0, 0.1) is 0 Å². The van der Waals surface area contributed by atoms with Gasteiger partial charge in [-0.15, -0.1) is 11.3 Å². The second kappa shape index (κ2) is 8.88. The Labute approximate surface area is 171 Å². The number of thiocarbonyl (C=S) groups is 1. The van der Waals surface area contributed by atoms with Crippen LogP contribution in [-0.2, 0) is 22.5 Å². The van der Waals surface area contributed by atoms with Crippen molar-refractivity contribution in [2.75, 3.05) is 11.9 Å². The number of fused-ring (bicyclic) bond motifs is 1. The molecular weight excluding hydrogens is 380 g/mol. The summed E-state index contributed by atoms with van der Waals surface area (Å²) in [5.41, 5.74) is 1.74. The van der Waals surface area contributed by atoms with Gasteiger partial charge in [-0.3, -0.25) is 0 Å². The molecule has 0 radical (unpaired) electrons. The number of nitrogens with one attached hydrogen (secondary N) is 2. The van der Waals surface area contributed by atoms with Gasteiger partial charge in [-0.05, 0) is 50.9 Å². The molecule has 1 fully saturated rings. The molecule has 5 nitrogen and oxygen atoms in total. The maximum atomic E-state index is 12.5. The lowest BCUT2D eigenvalue weighted by Crippen LogP contribution is -2.39. The SMILES string of the molecule is CCOC(=O)c1sc2c(c1NC(=S)NC1CCCCC1)CC(C)(CC)OC2. The highest BCUT2D eigenvalue weighted by Crippen LogP contribution is 2.42. The average Bonchev–Trinajstić information content (AvgIpc) is 3.00. The third-order valence-corrected chi connectivity index (χ3v) is 6.99. The van der Waals surface area contributed by atoms with Gasteiger partial charge >= 0.3 is 5.97 Å². The Balaban J connectivity index is 1.83. The third kappa shape index (κ3) is 4.81. The van der Waals surface area contributed by atoms with Crippen LogP contribution in [0.4, 0.5) is 5.69 Å². The zero-order chi connectivity index (χ0) is 19.4. The molecular formula is C20H30N2O3S2. The number of esters is 1. The number of hydrogen-bond donors (Lipinski definition) is 2. The number of hydrogen-bond acceptors (Lipinski definition) is 5. The van der Waals surface area contributed by atoms with E-state index < -0.39 is 0 Å². The average molecular weight is 411 g/mol. The van der Waals surface area contributed by atoms with Gasteiger partial charge in [0.05, 0.1) is 24.5 Å². The normalized spacial score (nSPS) is 22.8. The second-order valence-corrected chi connectivity index (χ2v) is 9.14. The summed E-state index contributed by atoms with van der Waals surface area (Å²) in [6.07, 6.45) is 7.78. The minimum absolute atomic E-state index is 0.213. The number of rotatable bonds is 5. The molecule has 0 amide bonds. The van der Waals surface area contributed by atoms with Crippen molar-refractivity contribution in [1.82, 2.24) is 5.32 Å². The number of anilines is 1. The molecule has 0 aromatic carbocycles. The predicted molar refractivity (Wildman–Crippen MR) is 114 cm³/mol. The molecule has 2 N–H and O–H groups in total. The molecule has 27 heavy (non-hydrogen) atoms. The van der Waals surface area contributed by atoms with Gasteiger partial charge in [-0.25, -0.2) is 4.79 Å². The fraction of sp³-hybridized carbons (Fsp3) is 0.700. The third-order valence-electron chi connectivity index (χ3n) is 5.58. The van der Waals surface area contributed by atoms with Crippen LogP contribution < -0.4 is 10.6 Å². The van der Waals surface area contributed by atoms with Crippen LogP contribution in [0.15, 0.2) is 0 Å². The summed E-state index contributed by atoms with van der Waals surface area (Å²) >= 11 is 7.04. The molecule has 2 heterocycles. The topological polar surface area (TPSA) is 59.6 Å². The quantitative estimate of drug-likeness (QED) is 0.538. The lowest BCUT2D eigenvalue weighted by Gasteiger charge is -2.33. The lowest BCUT2D eigenvalue weighted by molar-refractivity contribution is -0.0544. The first-order valence-corrected chi connectivity index (χ1v) is 11.2. The molecule has 1 aliphatic carbocycles. The summed E-state index contributed by atoms with van der Waals surface area (Å²) < 4.78 is 11.3. The molecule has 7 heteroatoms. The predicted octanol–water partition coefficient (Wildman–Crippen LogP) is 4.79. The fourth-order valence-corrected chi connectivity index (χ4v) is 5.11. The first-order valence-electron chi connectivity index (χ1n) is 9.99. The van der Waals surface area contributed by atoms with Crippen LogP contribution in [0.3, 0.4) is 0 Å². The molecule has 1 aromatic rings. The first-order chi connectivity index (χ1) is 13.0. The Morgan fingerprint density at radius 3 is 2.74 bits per heavy atom. The summed E-state index contributed by atoms with van der Waals surface area (Å²) in [5.74, 6) is -0.293. The van der Waals surface area contributed by atoms with Gasteiger partial charge in [-0.2, -0.15) is 0 Å². The van der Waals surface area contributed by atoms with E-state index in [-0.39, 0.29) is 11.6 Å².